The van der Waals surface area contributed by atoms with Crippen LogP contribution in [0, 0.1) is 0 Å². The first kappa shape index (κ1) is 18.4. The predicted octanol–water partition coefficient (Wildman–Crippen LogP) is 9.55. The van der Waals surface area contributed by atoms with E-state index in [9.17, 15) is 0 Å². The molecule has 0 bridgehead atoms. The first-order valence-corrected chi connectivity index (χ1v) is 14.6. The Hall–Kier alpha value is -3.84. The molecule has 0 unspecified atom stereocenters. The van der Waals surface area contributed by atoms with Gasteiger partial charge in [0.2, 0.25) is 0 Å². The van der Waals surface area contributed by atoms with E-state index in [1.807, 2.05) is 34.0 Å². The van der Waals surface area contributed by atoms with Gasteiger partial charge in [0.05, 0.1) is 16.6 Å². The number of fused-ring (bicyclic) bond motifs is 21. The summed E-state index contributed by atoms with van der Waals surface area (Å²) in [7, 11) is 0. The molecule has 0 saturated heterocycles. The van der Waals surface area contributed by atoms with Crippen molar-refractivity contribution in [3.8, 4) is 0 Å². The molecule has 0 aliphatic carbocycles. The van der Waals surface area contributed by atoms with E-state index in [1.54, 1.807) is 0 Å². The van der Waals surface area contributed by atoms with Crippen molar-refractivity contribution in [2.24, 2.45) is 0 Å². The van der Waals surface area contributed by atoms with E-state index in [1.165, 1.54) is 79.5 Å². The predicted molar refractivity (Wildman–Crippen MR) is 158 cm³/mol. The van der Waals surface area contributed by atoms with Gasteiger partial charge in [-0.05, 0) is 70.7 Å². The highest BCUT2D eigenvalue weighted by atomic mass is 32.1. The van der Waals surface area contributed by atoms with E-state index in [0.717, 1.165) is 0 Å². The monoisotopic (exact) mass is 513 g/mol. The van der Waals surface area contributed by atoms with Crippen molar-refractivity contribution >= 4 is 114 Å². The third-order valence-electron chi connectivity index (χ3n) is 7.91. The summed E-state index contributed by atoms with van der Waals surface area (Å²) in [4.78, 5) is 3.93. The maximum Gasteiger partial charge on any atom is 0.107 e. The third kappa shape index (κ3) is 1.90. The maximum absolute atomic E-state index is 2.40. The number of aromatic nitrogens is 3. The van der Waals surface area contributed by atoms with Crippen LogP contribution in [0.4, 0.5) is 0 Å². The maximum atomic E-state index is 2.40. The summed E-state index contributed by atoms with van der Waals surface area (Å²) >= 11 is 5.49. The standard InChI is InChI=1S/C30H15N3S3/c1-4-19-25-22(16-7-13-34-28(16)31(19)10-1)26-20-5-2-12-33(20)30-18(9-15-36-30)24(26)27-21-6-3-11-32(21)29-17(23(25)27)8-14-35-29/h1-15H. The number of hydrogen-bond donors (Lipinski definition) is 0. The molecule has 0 radical (unpaired) electrons. The Bertz CT molecular complexity index is 2050. The Labute approximate surface area is 215 Å². The Kier molecular flexibility index (Phi) is 3.12. The molecule has 0 saturated carbocycles. The molecule has 0 fully saturated rings. The fourth-order valence-corrected chi connectivity index (χ4v) is 9.35. The van der Waals surface area contributed by atoms with Gasteiger partial charge in [0.15, 0.2) is 0 Å². The molecule has 168 valence electrons. The zero-order valence-corrected chi connectivity index (χ0v) is 21.2. The van der Waals surface area contributed by atoms with E-state index >= 15 is 0 Å². The average molecular weight is 514 g/mol. The van der Waals surface area contributed by atoms with Crippen molar-refractivity contribution in [2.45, 2.75) is 0 Å². The number of rotatable bonds is 0. The summed E-state index contributed by atoms with van der Waals surface area (Å²) < 4.78 is 7.19. The van der Waals surface area contributed by atoms with Crippen LogP contribution < -0.4 is 0 Å². The molecule has 10 aromatic rings. The summed E-state index contributed by atoms with van der Waals surface area (Å²) in [6.07, 6.45) is 6.66. The third-order valence-corrected chi connectivity index (χ3v) is 10.6. The molecule has 0 N–H and O–H groups in total. The van der Waals surface area contributed by atoms with Crippen LogP contribution in [0.2, 0.25) is 0 Å². The highest BCUT2D eigenvalue weighted by Gasteiger charge is 2.24. The average Bonchev–Trinajstić information content (AvgIpc) is 3.73. The molecule has 0 atom stereocenters. The summed E-state index contributed by atoms with van der Waals surface area (Å²) in [6, 6.07) is 20.4. The molecular weight excluding hydrogens is 499 g/mol. The van der Waals surface area contributed by atoms with E-state index in [4.69, 9.17) is 0 Å². The molecule has 0 aliphatic heterocycles. The quantitative estimate of drug-likeness (QED) is 0.179. The minimum absolute atomic E-state index is 1.28. The van der Waals surface area contributed by atoms with Crippen molar-refractivity contribution in [1.29, 1.82) is 0 Å². The number of pyridine rings is 3. The highest BCUT2D eigenvalue weighted by Crippen LogP contribution is 2.50. The number of thiophene rings is 3. The van der Waals surface area contributed by atoms with E-state index < -0.39 is 0 Å². The molecule has 6 heteroatoms. The molecule has 9 aromatic heterocycles. The smallest absolute Gasteiger partial charge is 0.107 e. The van der Waals surface area contributed by atoms with Crippen molar-refractivity contribution in [1.82, 2.24) is 13.2 Å². The number of nitrogens with zero attached hydrogens (tertiary/aromatic N) is 3. The van der Waals surface area contributed by atoms with E-state index in [2.05, 4.69) is 103 Å². The fraction of sp³-hybridized carbons (Fsp3) is 0. The van der Waals surface area contributed by atoms with Gasteiger partial charge in [0.25, 0.3) is 0 Å². The lowest BCUT2D eigenvalue weighted by atomic mass is 9.90. The van der Waals surface area contributed by atoms with Gasteiger partial charge in [-0.2, -0.15) is 0 Å². The zero-order chi connectivity index (χ0) is 23.1. The summed E-state index contributed by atoms with van der Waals surface area (Å²) in [6.45, 7) is 0. The van der Waals surface area contributed by atoms with Crippen LogP contribution in [0.25, 0.3) is 79.5 Å². The van der Waals surface area contributed by atoms with Gasteiger partial charge in [-0.3, -0.25) is 0 Å². The molecule has 10 rings (SSSR count). The SMILES string of the molecule is c1cc2c3c(c4ccsc4n2c1)c1c(c2ccsc2n2cccc12)c1c3c2ccsc2n2cccc12. The van der Waals surface area contributed by atoms with Gasteiger partial charge in [-0.25, -0.2) is 0 Å². The van der Waals surface area contributed by atoms with Gasteiger partial charge in [-0.15, -0.1) is 34.0 Å². The molecule has 0 spiro atoms. The summed E-state index contributed by atoms with van der Waals surface area (Å²) in [5.74, 6) is 0. The van der Waals surface area contributed by atoms with Crippen LogP contribution in [0.5, 0.6) is 0 Å². The minimum Gasteiger partial charge on any atom is -0.308 e. The second-order valence-electron chi connectivity index (χ2n) is 9.46. The van der Waals surface area contributed by atoms with E-state index in [-0.39, 0.29) is 0 Å². The van der Waals surface area contributed by atoms with Gasteiger partial charge < -0.3 is 13.2 Å². The molecule has 3 nitrogen and oxygen atoms in total. The van der Waals surface area contributed by atoms with Crippen LogP contribution >= 0.6 is 34.0 Å². The Morgan fingerprint density at radius 2 is 0.722 bits per heavy atom. The number of benzene rings is 1. The zero-order valence-electron chi connectivity index (χ0n) is 18.7. The van der Waals surface area contributed by atoms with Crippen LogP contribution in [-0.4, -0.2) is 13.2 Å². The molecule has 9 heterocycles. The lowest BCUT2D eigenvalue weighted by molar-refractivity contribution is 1.30. The largest absolute Gasteiger partial charge is 0.308 e. The molecule has 36 heavy (non-hydrogen) atoms. The van der Waals surface area contributed by atoms with Crippen LogP contribution in [0.3, 0.4) is 0 Å². The van der Waals surface area contributed by atoms with Crippen molar-refractivity contribution in [3.63, 3.8) is 0 Å². The van der Waals surface area contributed by atoms with Gasteiger partial charge in [-0.1, -0.05) is 0 Å². The molecule has 0 amide bonds. The second kappa shape index (κ2) is 6.10. The lowest BCUT2D eigenvalue weighted by Crippen LogP contribution is -1.95. The minimum atomic E-state index is 1.28. The number of hydrogen-bond acceptors (Lipinski definition) is 3. The Morgan fingerprint density at radius 3 is 1.06 bits per heavy atom. The highest BCUT2D eigenvalue weighted by molar-refractivity contribution is 7.17. The molecule has 0 aliphatic rings. The van der Waals surface area contributed by atoms with Gasteiger partial charge >= 0.3 is 0 Å². The van der Waals surface area contributed by atoms with E-state index in [0.29, 0.717) is 0 Å². The molecular formula is C30H15N3S3. The second-order valence-corrected chi connectivity index (χ2v) is 12.1. The van der Waals surface area contributed by atoms with Crippen molar-refractivity contribution in [2.75, 3.05) is 0 Å². The Balaban J connectivity index is 1.78. The summed E-state index contributed by atoms with van der Waals surface area (Å²) in [5.41, 5.74) is 3.85. The first-order valence-electron chi connectivity index (χ1n) is 11.9. The topological polar surface area (TPSA) is 13.2 Å². The van der Waals surface area contributed by atoms with Gasteiger partial charge in [0, 0.05) is 67.1 Å². The normalized spacial score (nSPS) is 13.0. The first-order chi connectivity index (χ1) is 17.9. The van der Waals surface area contributed by atoms with Crippen molar-refractivity contribution < 1.29 is 0 Å². The lowest BCUT2D eigenvalue weighted by Gasteiger charge is -2.18. The van der Waals surface area contributed by atoms with Crippen LogP contribution in [0.15, 0.2) is 89.3 Å². The van der Waals surface area contributed by atoms with Gasteiger partial charge in [0.1, 0.15) is 14.5 Å². The summed E-state index contributed by atoms with van der Waals surface area (Å²) in [5, 5.41) is 18.9. The van der Waals surface area contributed by atoms with Crippen LogP contribution in [0.1, 0.15) is 0 Å². The van der Waals surface area contributed by atoms with Crippen LogP contribution in [-0.2, 0) is 0 Å². The van der Waals surface area contributed by atoms with Crippen molar-refractivity contribution in [3.05, 3.63) is 89.3 Å². The fourth-order valence-electron chi connectivity index (χ4n) is 6.65. The Morgan fingerprint density at radius 1 is 0.389 bits per heavy atom. The molecule has 1 aromatic carbocycles.